The fourth-order valence-electron chi connectivity index (χ4n) is 1.78. The first-order chi connectivity index (χ1) is 8.58. The van der Waals surface area contributed by atoms with E-state index in [-0.39, 0.29) is 11.9 Å². The van der Waals surface area contributed by atoms with E-state index in [1.807, 2.05) is 43.0 Å². The third-order valence-corrected chi connectivity index (χ3v) is 3.50. The van der Waals surface area contributed by atoms with E-state index in [0.29, 0.717) is 6.54 Å². The standard InChI is InChI=1S/C12H16N4OS/c1-8(16-10(3)14-9(2)15-16)7-13-12(17)11-5-4-6-18-11/h4-6,8H,7H2,1-3H3,(H,13,17)/t8-/m1/s1. The summed E-state index contributed by atoms with van der Waals surface area (Å²) >= 11 is 1.44. The van der Waals surface area contributed by atoms with E-state index in [1.54, 1.807) is 0 Å². The first-order valence-electron chi connectivity index (χ1n) is 5.79. The van der Waals surface area contributed by atoms with E-state index >= 15 is 0 Å². The molecule has 2 rings (SSSR count). The second-order valence-electron chi connectivity index (χ2n) is 4.19. The Morgan fingerprint density at radius 2 is 2.33 bits per heavy atom. The number of aryl methyl sites for hydroxylation is 2. The van der Waals surface area contributed by atoms with Crippen LogP contribution in [0.15, 0.2) is 17.5 Å². The highest BCUT2D eigenvalue weighted by atomic mass is 32.1. The maximum absolute atomic E-state index is 11.8. The van der Waals surface area contributed by atoms with Crippen LogP contribution in [0, 0.1) is 13.8 Å². The molecule has 5 nitrogen and oxygen atoms in total. The van der Waals surface area contributed by atoms with Gasteiger partial charge in [-0.05, 0) is 32.2 Å². The summed E-state index contributed by atoms with van der Waals surface area (Å²) in [4.78, 5) is 16.8. The van der Waals surface area contributed by atoms with Crippen molar-refractivity contribution in [2.24, 2.45) is 0 Å². The van der Waals surface area contributed by atoms with E-state index in [0.717, 1.165) is 16.5 Å². The van der Waals surface area contributed by atoms with Gasteiger partial charge in [-0.3, -0.25) is 4.79 Å². The van der Waals surface area contributed by atoms with E-state index in [4.69, 9.17) is 0 Å². The molecule has 0 saturated heterocycles. The van der Waals surface area contributed by atoms with Gasteiger partial charge in [0.25, 0.3) is 5.91 Å². The number of hydrogen-bond donors (Lipinski definition) is 1. The lowest BCUT2D eigenvalue weighted by molar-refractivity contribution is 0.0952. The number of nitrogens with zero attached hydrogens (tertiary/aromatic N) is 3. The highest BCUT2D eigenvalue weighted by molar-refractivity contribution is 7.12. The van der Waals surface area contributed by atoms with Gasteiger partial charge < -0.3 is 5.32 Å². The maximum Gasteiger partial charge on any atom is 0.261 e. The molecular weight excluding hydrogens is 248 g/mol. The molecule has 1 atom stereocenters. The molecule has 0 radical (unpaired) electrons. The topological polar surface area (TPSA) is 59.8 Å². The van der Waals surface area contributed by atoms with Crippen molar-refractivity contribution < 1.29 is 4.79 Å². The van der Waals surface area contributed by atoms with Crippen LogP contribution < -0.4 is 5.32 Å². The average molecular weight is 264 g/mol. The van der Waals surface area contributed by atoms with Crippen LogP contribution in [0.3, 0.4) is 0 Å². The van der Waals surface area contributed by atoms with Crippen LogP contribution in [-0.4, -0.2) is 27.2 Å². The summed E-state index contributed by atoms with van der Waals surface area (Å²) in [6.45, 7) is 6.33. The summed E-state index contributed by atoms with van der Waals surface area (Å²) in [6, 6.07) is 3.78. The lowest BCUT2D eigenvalue weighted by Crippen LogP contribution is -2.29. The van der Waals surface area contributed by atoms with Crippen LogP contribution in [-0.2, 0) is 0 Å². The minimum Gasteiger partial charge on any atom is -0.349 e. The quantitative estimate of drug-likeness (QED) is 0.918. The Hall–Kier alpha value is -1.69. The van der Waals surface area contributed by atoms with Crippen molar-refractivity contribution in [1.29, 1.82) is 0 Å². The average Bonchev–Trinajstić information content (AvgIpc) is 2.95. The van der Waals surface area contributed by atoms with Crippen LogP contribution in [0.25, 0.3) is 0 Å². The first-order valence-corrected chi connectivity index (χ1v) is 6.67. The third kappa shape index (κ3) is 2.76. The summed E-state index contributed by atoms with van der Waals surface area (Å²) in [6.07, 6.45) is 0. The summed E-state index contributed by atoms with van der Waals surface area (Å²) in [5.74, 6) is 1.58. The minimum absolute atomic E-state index is 0.0358. The Balaban J connectivity index is 1.94. The predicted molar refractivity (Wildman–Crippen MR) is 70.9 cm³/mol. The zero-order chi connectivity index (χ0) is 13.1. The van der Waals surface area contributed by atoms with Crippen molar-refractivity contribution in [3.8, 4) is 0 Å². The van der Waals surface area contributed by atoms with E-state index < -0.39 is 0 Å². The molecule has 1 N–H and O–H groups in total. The molecule has 2 heterocycles. The molecule has 0 aliphatic rings. The molecule has 0 saturated carbocycles. The Kier molecular flexibility index (Phi) is 3.76. The molecule has 0 fully saturated rings. The zero-order valence-electron chi connectivity index (χ0n) is 10.7. The van der Waals surface area contributed by atoms with Gasteiger partial charge in [0, 0.05) is 6.54 Å². The molecule has 2 aromatic heterocycles. The van der Waals surface area contributed by atoms with Gasteiger partial charge in [-0.25, -0.2) is 9.67 Å². The number of amides is 1. The Morgan fingerprint density at radius 3 is 2.89 bits per heavy atom. The summed E-state index contributed by atoms with van der Waals surface area (Å²) in [7, 11) is 0. The third-order valence-electron chi connectivity index (χ3n) is 2.63. The molecule has 0 bridgehead atoms. The van der Waals surface area contributed by atoms with Gasteiger partial charge in [0.2, 0.25) is 0 Å². The van der Waals surface area contributed by atoms with Crippen molar-refractivity contribution in [3.05, 3.63) is 34.0 Å². The Bertz CT molecular complexity index is 532. The molecule has 0 aliphatic carbocycles. The van der Waals surface area contributed by atoms with Gasteiger partial charge in [-0.1, -0.05) is 6.07 Å². The fraction of sp³-hybridized carbons (Fsp3) is 0.417. The highest BCUT2D eigenvalue weighted by Gasteiger charge is 2.12. The molecule has 0 aliphatic heterocycles. The molecule has 0 unspecified atom stereocenters. The Labute approximate surface area is 110 Å². The SMILES string of the molecule is Cc1nc(C)n([C@H](C)CNC(=O)c2cccs2)n1. The summed E-state index contributed by atoms with van der Waals surface area (Å²) < 4.78 is 1.84. The number of hydrogen-bond acceptors (Lipinski definition) is 4. The molecule has 96 valence electrons. The lowest BCUT2D eigenvalue weighted by atomic mass is 10.3. The van der Waals surface area contributed by atoms with Gasteiger partial charge in [-0.15, -0.1) is 11.3 Å². The number of thiophene rings is 1. The number of rotatable bonds is 4. The van der Waals surface area contributed by atoms with E-state index in [1.165, 1.54) is 11.3 Å². The smallest absolute Gasteiger partial charge is 0.261 e. The van der Waals surface area contributed by atoms with Crippen LogP contribution in [0.1, 0.15) is 34.3 Å². The minimum atomic E-state index is -0.0358. The maximum atomic E-state index is 11.8. The summed E-state index contributed by atoms with van der Waals surface area (Å²) in [5.41, 5.74) is 0. The molecule has 2 aromatic rings. The fourth-order valence-corrected chi connectivity index (χ4v) is 2.42. The summed E-state index contributed by atoms with van der Waals surface area (Å²) in [5, 5.41) is 9.10. The van der Waals surface area contributed by atoms with Crippen molar-refractivity contribution in [2.75, 3.05) is 6.54 Å². The van der Waals surface area contributed by atoms with Crippen LogP contribution in [0.5, 0.6) is 0 Å². The van der Waals surface area contributed by atoms with Crippen molar-refractivity contribution >= 4 is 17.2 Å². The predicted octanol–water partition coefficient (Wildman–Crippen LogP) is 1.95. The van der Waals surface area contributed by atoms with Gasteiger partial charge in [0.15, 0.2) is 0 Å². The molecule has 0 spiro atoms. The van der Waals surface area contributed by atoms with Crippen LogP contribution in [0.4, 0.5) is 0 Å². The van der Waals surface area contributed by atoms with Gasteiger partial charge in [0.1, 0.15) is 11.6 Å². The zero-order valence-corrected chi connectivity index (χ0v) is 11.5. The molecule has 6 heteroatoms. The second-order valence-corrected chi connectivity index (χ2v) is 5.13. The number of carbonyl (C=O) groups is 1. The van der Waals surface area contributed by atoms with Gasteiger partial charge in [0.05, 0.1) is 10.9 Å². The Morgan fingerprint density at radius 1 is 1.56 bits per heavy atom. The van der Waals surface area contributed by atoms with Crippen molar-refractivity contribution in [3.63, 3.8) is 0 Å². The van der Waals surface area contributed by atoms with Crippen LogP contribution in [0.2, 0.25) is 0 Å². The van der Waals surface area contributed by atoms with Crippen LogP contribution >= 0.6 is 11.3 Å². The molecular formula is C12H16N4OS. The van der Waals surface area contributed by atoms with E-state index in [9.17, 15) is 4.79 Å². The number of aromatic nitrogens is 3. The van der Waals surface area contributed by atoms with Gasteiger partial charge >= 0.3 is 0 Å². The largest absolute Gasteiger partial charge is 0.349 e. The second kappa shape index (κ2) is 5.30. The van der Waals surface area contributed by atoms with Gasteiger partial charge in [-0.2, -0.15) is 5.10 Å². The number of nitrogens with one attached hydrogen (secondary N) is 1. The normalized spacial score (nSPS) is 12.4. The highest BCUT2D eigenvalue weighted by Crippen LogP contribution is 2.10. The first kappa shape index (κ1) is 12.8. The lowest BCUT2D eigenvalue weighted by Gasteiger charge is -2.13. The molecule has 1 amide bonds. The molecule has 0 aromatic carbocycles. The molecule has 18 heavy (non-hydrogen) atoms. The van der Waals surface area contributed by atoms with Crippen molar-refractivity contribution in [1.82, 2.24) is 20.1 Å². The van der Waals surface area contributed by atoms with E-state index in [2.05, 4.69) is 15.4 Å². The monoisotopic (exact) mass is 264 g/mol. The van der Waals surface area contributed by atoms with Crippen molar-refractivity contribution in [2.45, 2.75) is 26.8 Å². The number of carbonyl (C=O) groups excluding carboxylic acids is 1.